The van der Waals surface area contributed by atoms with Crippen LogP contribution in [-0.2, 0) is 14.3 Å². The average molecular weight is 358 g/mol. The molecular weight excluding hydrogens is 330 g/mol. The van der Waals surface area contributed by atoms with Gasteiger partial charge in [-0.05, 0) is 38.0 Å². The van der Waals surface area contributed by atoms with Crippen molar-refractivity contribution in [2.24, 2.45) is 0 Å². The summed E-state index contributed by atoms with van der Waals surface area (Å²) in [5.41, 5.74) is -0.225. The number of amides is 1. The van der Waals surface area contributed by atoms with E-state index in [2.05, 4.69) is 5.32 Å². The Kier molecular flexibility index (Phi) is 9.11. The summed E-state index contributed by atoms with van der Waals surface area (Å²) in [7, 11) is 1.61. The Morgan fingerprint density at radius 3 is 2.54 bits per heavy atom. The summed E-state index contributed by atoms with van der Waals surface area (Å²) < 4.78 is 16.2. The molecule has 0 saturated carbocycles. The van der Waals surface area contributed by atoms with E-state index in [1.165, 1.54) is 0 Å². The molecule has 136 valence electrons. The van der Waals surface area contributed by atoms with Gasteiger partial charge in [0.25, 0.3) is 5.91 Å². The van der Waals surface area contributed by atoms with Crippen LogP contribution in [0.3, 0.4) is 0 Å². The van der Waals surface area contributed by atoms with Crippen LogP contribution in [0.4, 0.5) is 5.69 Å². The molecule has 1 unspecified atom stereocenters. The first-order chi connectivity index (χ1) is 11.5. The van der Waals surface area contributed by atoms with Crippen molar-refractivity contribution in [3.05, 3.63) is 23.2 Å². The van der Waals surface area contributed by atoms with Crippen molar-refractivity contribution in [2.45, 2.75) is 45.6 Å². The average Bonchev–Trinajstić information content (AvgIpc) is 2.55. The smallest absolute Gasteiger partial charge is 0.256 e. The number of benzene rings is 1. The van der Waals surface area contributed by atoms with E-state index >= 15 is 0 Å². The maximum Gasteiger partial charge on any atom is 0.256 e. The zero-order valence-electron chi connectivity index (χ0n) is 15.0. The van der Waals surface area contributed by atoms with E-state index in [4.69, 9.17) is 25.8 Å². The first-order valence-electron chi connectivity index (χ1n) is 8.33. The molecule has 1 rings (SSSR count). The highest BCUT2D eigenvalue weighted by atomic mass is 35.5. The molecule has 24 heavy (non-hydrogen) atoms. The van der Waals surface area contributed by atoms with Gasteiger partial charge in [-0.2, -0.15) is 0 Å². The van der Waals surface area contributed by atoms with Crippen LogP contribution in [0.2, 0.25) is 5.02 Å². The molecule has 6 heteroatoms. The first-order valence-corrected chi connectivity index (χ1v) is 8.71. The SMILES string of the molecule is CCCOC(C)(CCC)C(=O)Nc1ccc(OCCOC)c(Cl)c1. The largest absolute Gasteiger partial charge is 0.490 e. The molecule has 0 saturated heterocycles. The van der Waals surface area contributed by atoms with Crippen molar-refractivity contribution in [2.75, 3.05) is 32.2 Å². The van der Waals surface area contributed by atoms with Gasteiger partial charge in [0, 0.05) is 19.4 Å². The highest BCUT2D eigenvalue weighted by Gasteiger charge is 2.33. The molecule has 0 heterocycles. The molecule has 0 aliphatic carbocycles. The second kappa shape index (κ2) is 10.5. The fraction of sp³-hybridized carbons (Fsp3) is 0.611. The standard InChI is InChI=1S/C18H28ClNO4/c1-5-9-18(3,24-10-6-2)17(21)20-14-7-8-16(15(19)13-14)23-12-11-22-4/h7-8,13H,5-6,9-12H2,1-4H3,(H,20,21). The molecular formula is C18H28ClNO4. The summed E-state index contributed by atoms with van der Waals surface area (Å²) in [5, 5.41) is 3.32. The Morgan fingerprint density at radius 2 is 1.96 bits per heavy atom. The fourth-order valence-electron chi connectivity index (χ4n) is 2.25. The summed E-state index contributed by atoms with van der Waals surface area (Å²) in [5.74, 6) is 0.396. The van der Waals surface area contributed by atoms with E-state index in [0.717, 1.165) is 12.8 Å². The summed E-state index contributed by atoms with van der Waals surface area (Å²) in [6.45, 7) is 7.33. The van der Waals surface area contributed by atoms with E-state index < -0.39 is 5.60 Å². The molecule has 0 spiro atoms. The normalized spacial score (nSPS) is 13.4. The third-order valence-electron chi connectivity index (χ3n) is 3.57. The van der Waals surface area contributed by atoms with Gasteiger partial charge in [0.05, 0.1) is 11.6 Å². The number of carbonyl (C=O) groups excluding carboxylic acids is 1. The maximum absolute atomic E-state index is 12.6. The Balaban J connectivity index is 2.76. The van der Waals surface area contributed by atoms with Crippen LogP contribution in [0.5, 0.6) is 5.75 Å². The van der Waals surface area contributed by atoms with Crippen LogP contribution in [-0.4, -0.2) is 38.4 Å². The topological polar surface area (TPSA) is 56.8 Å². The van der Waals surface area contributed by atoms with Crippen LogP contribution in [0.15, 0.2) is 18.2 Å². The van der Waals surface area contributed by atoms with Gasteiger partial charge in [0.15, 0.2) is 0 Å². The lowest BCUT2D eigenvalue weighted by molar-refractivity contribution is -0.140. The Bertz CT molecular complexity index is 524. The molecule has 0 aliphatic rings. The second-order valence-corrected chi connectivity index (χ2v) is 6.18. The summed E-state index contributed by atoms with van der Waals surface area (Å²) in [6.07, 6.45) is 2.39. The van der Waals surface area contributed by atoms with Crippen molar-refractivity contribution in [3.8, 4) is 5.75 Å². The number of hydrogen-bond donors (Lipinski definition) is 1. The quantitative estimate of drug-likeness (QED) is 0.600. The molecule has 1 aromatic carbocycles. The molecule has 1 amide bonds. The van der Waals surface area contributed by atoms with Crippen molar-refractivity contribution in [3.63, 3.8) is 0 Å². The lowest BCUT2D eigenvalue weighted by Crippen LogP contribution is -2.43. The minimum Gasteiger partial charge on any atom is -0.490 e. The van der Waals surface area contributed by atoms with Crippen molar-refractivity contribution >= 4 is 23.2 Å². The zero-order chi connectivity index (χ0) is 18.0. The van der Waals surface area contributed by atoms with E-state index in [9.17, 15) is 4.79 Å². The first kappa shape index (κ1) is 20.7. The monoisotopic (exact) mass is 357 g/mol. The highest BCUT2D eigenvalue weighted by Crippen LogP contribution is 2.29. The number of hydrogen-bond acceptors (Lipinski definition) is 4. The van der Waals surface area contributed by atoms with Gasteiger partial charge < -0.3 is 19.5 Å². The van der Waals surface area contributed by atoms with Crippen molar-refractivity contribution in [1.82, 2.24) is 0 Å². The molecule has 1 N–H and O–H groups in total. The van der Waals surface area contributed by atoms with E-state index in [-0.39, 0.29) is 5.91 Å². The van der Waals surface area contributed by atoms with Gasteiger partial charge in [0.1, 0.15) is 18.0 Å². The van der Waals surface area contributed by atoms with Gasteiger partial charge >= 0.3 is 0 Å². The van der Waals surface area contributed by atoms with Gasteiger partial charge in [-0.25, -0.2) is 0 Å². The number of anilines is 1. The van der Waals surface area contributed by atoms with E-state index in [1.54, 1.807) is 25.3 Å². The lowest BCUT2D eigenvalue weighted by Gasteiger charge is -2.28. The minimum atomic E-state index is -0.842. The molecule has 1 aromatic rings. The van der Waals surface area contributed by atoms with Crippen LogP contribution in [0, 0.1) is 0 Å². The van der Waals surface area contributed by atoms with Gasteiger partial charge in [-0.15, -0.1) is 0 Å². The molecule has 0 bridgehead atoms. The number of halogens is 1. The van der Waals surface area contributed by atoms with Crippen LogP contribution in [0.1, 0.15) is 40.0 Å². The Morgan fingerprint density at radius 1 is 1.21 bits per heavy atom. The molecule has 0 fully saturated rings. The van der Waals surface area contributed by atoms with E-state index in [1.807, 2.05) is 20.8 Å². The molecule has 0 radical (unpaired) electrons. The van der Waals surface area contributed by atoms with Crippen LogP contribution >= 0.6 is 11.6 Å². The number of ether oxygens (including phenoxy) is 3. The highest BCUT2D eigenvalue weighted by molar-refractivity contribution is 6.32. The molecule has 5 nitrogen and oxygen atoms in total. The molecule has 0 aliphatic heterocycles. The summed E-state index contributed by atoms with van der Waals surface area (Å²) in [6, 6.07) is 5.17. The predicted octanol–water partition coefficient (Wildman–Crippen LogP) is 4.29. The van der Waals surface area contributed by atoms with E-state index in [0.29, 0.717) is 42.7 Å². The Labute approximate surface area is 149 Å². The van der Waals surface area contributed by atoms with Crippen LogP contribution < -0.4 is 10.1 Å². The van der Waals surface area contributed by atoms with Gasteiger partial charge in [0.2, 0.25) is 0 Å². The third kappa shape index (κ3) is 6.30. The van der Waals surface area contributed by atoms with Crippen LogP contribution in [0.25, 0.3) is 0 Å². The second-order valence-electron chi connectivity index (χ2n) is 5.77. The molecule has 0 aromatic heterocycles. The van der Waals surface area contributed by atoms with Crippen molar-refractivity contribution in [1.29, 1.82) is 0 Å². The number of carbonyl (C=O) groups is 1. The Hall–Kier alpha value is -1.30. The number of nitrogens with one attached hydrogen (secondary N) is 1. The predicted molar refractivity (Wildman–Crippen MR) is 97.0 cm³/mol. The lowest BCUT2D eigenvalue weighted by atomic mass is 9.99. The van der Waals surface area contributed by atoms with Gasteiger partial charge in [-0.3, -0.25) is 4.79 Å². The number of methoxy groups -OCH3 is 1. The zero-order valence-corrected chi connectivity index (χ0v) is 15.7. The summed E-state index contributed by atoms with van der Waals surface area (Å²) in [4.78, 5) is 12.6. The third-order valence-corrected chi connectivity index (χ3v) is 3.86. The maximum atomic E-state index is 12.6. The summed E-state index contributed by atoms with van der Waals surface area (Å²) >= 11 is 6.20. The number of rotatable bonds is 11. The minimum absolute atomic E-state index is 0.165. The van der Waals surface area contributed by atoms with Crippen molar-refractivity contribution < 1.29 is 19.0 Å². The molecule has 1 atom stereocenters. The van der Waals surface area contributed by atoms with Gasteiger partial charge in [-0.1, -0.05) is 31.9 Å². The fourth-order valence-corrected chi connectivity index (χ4v) is 2.48.